The molecule has 0 spiro atoms. The van der Waals surface area contributed by atoms with Crippen LogP contribution in [0.4, 0.5) is 30.2 Å². The van der Waals surface area contributed by atoms with Gasteiger partial charge in [0.1, 0.15) is 0 Å². The minimum atomic E-state index is -5.01. The molecule has 0 heterocycles. The predicted octanol–water partition coefficient (Wildman–Crippen LogP) is 3.01. The number of carbonyl (C=O) groups is 1. The maximum Gasteiger partial charge on any atom is 0.416 e. The van der Waals surface area contributed by atoms with E-state index in [0.717, 1.165) is 0 Å². The molecule has 2 N–H and O–H groups in total. The molecular weight excluding hydrogens is 337 g/mol. The smallest absolute Gasteiger partial charge is 0.286 e. The Hall–Kier alpha value is -2.92. The van der Waals surface area contributed by atoms with Crippen LogP contribution in [-0.4, -0.2) is 15.8 Å². The van der Waals surface area contributed by atoms with Gasteiger partial charge < -0.3 is 0 Å². The minimum absolute atomic E-state index is 0.151. The summed E-state index contributed by atoms with van der Waals surface area (Å²) < 4.78 is 38.2. The maximum atomic E-state index is 12.7. The Morgan fingerprint density at radius 2 is 1.46 bits per heavy atom. The van der Waals surface area contributed by atoms with Crippen molar-refractivity contribution in [3.8, 4) is 0 Å². The lowest BCUT2D eigenvalue weighted by Gasteiger charge is -2.18. The number of anilines is 1. The molecule has 0 radical (unpaired) electrons. The SMILES string of the molecule is CC(C)(C)C(=O)NNc1c([N+](=O)[O-])cc(C(F)(F)F)cc1[N+](=O)[O-]. The molecule has 1 rings (SSSR count). The molecule has 0 aliphatic rings. The molecule has 0 atom stereocenters. The summed E-state index contributed by atoms with van der Waals surface area (Å²) in [5.74, 6) is -0.675. The third-order valence-electron chi connectivity index (χ3n) is 2.80. The van der Waals surface area contributed by atoms with Crippen molar-refractivity contribution in [1.29, 1.82) is 0 Å². The van der Waals surface area contributed by atoms with Crippen LogP contribution in [-0.2, 0) is 11.0 Å². The van der Waals surface area contributed by atoms with E-state index in [-0.39, 0.29) is 12.1 Å². The van der Waals surface area contributed by atoms with Gasteiger partial charge in [0.2, 0.25) is 11.6 Å². The number of nitrogens with zero attached hydrogens (tertiary/aromatic N) is 2. The minimum Gasteiger partial charge on any atom is -0.286 e. The van der Waals surface area contributed by atoms with Gasteiger partial charge in [-0.05, 0) is 0 Å². The molecular formula is C12H13F3N4O5. The van der Waals surface area contributed by atoms with Gasteiger partial charge in [0, 0.05) is 17.5 Å². The highest BCUT2D eigenvalue weighted by molar-refractivity contribution is 5.84. The second-order valence-corrected chi connectivity index (χ2v) is 5.73. The molecule has 12 heteroatoms. The van der Waals surface area contributed by atoms with Crippen molar-refractivity contribution in [1.82, 2.24) is 5.43 Å². The van der Waals surface area contributed by atoms with Gasteiger partial charge in [0.25, 0.3) is 0 Å². The molecule has 0 bridgehead atoms. The lowest BCUT2D eigenvalue weighted by Crippen LogP contribution is -2.38. The number of alkyl halides is 3. The summed E-state index contributed by atoms with van der Waals surface area (Å²) in [7, 11) is 0. The fourth-order valence-electron chi connectivity index (χ4n) is 1.50. The Balaban J connectivity index is 3.44. The lowest BCUT2D eigenvalue weighted by molar-refractivity contribution is -0.392. The zero-order valence-corrected chi connectivity index (χ0v) is 12.7. The first-order chi connectivity index (χ1) is 10.7. The lowest BCUT2D eigenvalue weighted by atomic mass is 9.96. The summed E-state index contributed by atoms with van der Waals surface area (Å²) in [6, 6.07) is 0.303. The van der Waals surface area contributed by atoms with E-state index in [1.54, 1.807) is 0 Å². The summed E-state index contributed by atoms with van der Waals surface area (Å²) in [6.45, 7) is 4.50. The zero-order chi connectivity index (χ0) is 18.9. The van der Waals surface area contributed by atoms with E-state index in [4.69, 9.17) is 0 Å². The molecule has 0 fully saturated rings. The first-order valence-corrected chi connectivity index (χ1v) is 6.35. The highest BCUT2D eigenvalue weighted by Crippen LogP contribution is 2.40. The normalized spacial score (nSPS) is 11.8. The number of amides is 1. The molecule has 132 valence electrons. The molecule has 0 saturated heterocycles. The standard InChI is InChI=1S/C12H13F3N4O5/c1-11(2,3)10(20)17-16-9-7(18(21)22)4-6(12(13,14)15)5-8(9)19(23)24/h4-5,16H,1-3H3,(H,17,20). The number of nitro benzene ring substituents is 2. The van der Waals surface area contributed by atoms with Crippen LogP contribution >= 0.6 is 0 Å². The Bertz CT molecular complexity index is 662. The second kappa shape index (κ2) is 6.29. The maximum absolute atomic E-state index is 12.7. The Labute approximate surface area is 133 Å². The van der Waals surface area contributed by atoms with Crippen molar-refractivity contribution in [2.24, 2.45) is 5.41 Å². The van der Waals surface area contributed by atoms with Gasteiger partial charge in [-0.1, -0.05) is 20.8 Å². The van der Waals surface area contributed by atoms with E-state index in [0.29, 0.717) is 0 Å². The van der Waals surface area contributed by atoms with Crippen molar-refractivity contribution in [2.45, 2.75) is 26.9 Å². The molecule has 1 aromatic rings. The number of halogens is 3. The van der Waals surface area contributed by atoms with Crippen molar-refractivity contribution in [2.75, 3.05) is 5.43 Å². The Morgan fingerprint density at radius 1 is 1.04 bits per heavy atom. The van der Waals surface area contributed by atoms with Gasteiger partial charge in [0.15, 0.2) is 0 Å². The van der Waals surface area contributed by atoms with Crippen molar-refractivity contribution >= 4 is 23.0 Å². The van der Waals surface area contributed by atoms with Crippen molar-refractivity contribution in [3.63, 3.8) is 0 Å². The predicted molar refractivity (Wildman–Crippen MR) is 76.0 cm³/mol. The van der Waals surface area contributed by atoms with E-state index in [1.807, 2.05) is 10.9 Å². The van der Waals surface area contributed by atoms with Crippen LogP contribution in [0, 0.1) is 25.6 Å². The average molecular weight is 350 g/mol. The van der Waals surface area contributed by atoms with Crippen molar-refractivity contribution in [3.05, 3.63) is 37.9 Å². The van der Waals surface area contributed by atoms with Gasteiger partial charge in [-0.3, -0.25) is 35.9 Å². The molecule has 0 aliphatic heterocycles. The van der Waals surface area contributed by atoms with Gasteiger partial charge in [-0.25, -0.2) is 0 Å². The summed E-state index contributed by atoms with van der Waals surface area (Å²) in [6.07, 6.45) is -5.01. The van der Waals surface area contributed by atoms with Gasteiger partial charge in [-0.2, -0.15) is 13.2 Å². The first-order valence-electron chi connectivity index (χ1n) is 6.35. The Morgan fingerprint density at radius 3 is 1.75 bits per heavy atom. The topological polar surface area (TPSA) is 127 Å². The summed E-state index contributed by atoms with van der Waals surface area (Å²) in [5.41, 5.74) is -1.73. The Kier molecular flexibility index (Phi) is 5.02. The number of hydrogen-bond donors (Lipinski definition) is 2. The van der Waals surface area contributed by atoms with Crippen LogP contribution in [0.3, 0.4) is 0 Å². The highest BCUT2D eigenvalue weighted by atomic mass is 19.4. The first kappa shape index (κ1) is 19.1. The molecule has 0 unspecified atom stereocenters. The quantitative estimate of drug-likeness (QED) is 0.634. The number of hydrazine groups is 1. The van der Waals surface area contributed by atoms with E-state index in [9.17, 15) is 38.2 Å². The summed E-state index contributed by atoms with van der Waals surface area (Å²) in [4.78, 5) is 31.3. The molecule has 1 amide bonds. The molecule has 1 aromatic carbocycles. The van der Waals surface area contributed by atoms with E-state index in [2.05, 4.69) is 0 Å². The molecule has 0 aromatic heterocycles. The molecule has 0 aliphatic carbocycles. The number of benzene rings is 1. The third-order valence-corrected chi connectivity index (χ3v) is 2.80. The third kappa shape index (κ3) is 4.30. The molecule has 9 nitrogen and oxygen atoms in total. The van der Waals surface area contributed by atoms with E-state index >= 15 is 0 Å². The van der Waals surface area contributed by atoms with Crippen LogP contribution in [0.1, 0.15) is 26.3 Å². The monoisotopic (exact) mass is 350 g/mol. The molecule has 24 heavy (non-hydrogen) atoms. The fourth-order valence-corrected chi connectivity index (χ4v) is 1.50. The highest BCUT2D eigenvalue weighted by Gasteiger charge is 2.38. The summed E-state index contributed by atoms with van der Waals surface area (Å²) >= 11 is 0. The van der Waals surface area contributed by atoms with E-state index < -0.39 is 50.0 Å². The average Bonchev–Trinajstić information content (AvgIpc) is 2.41. The fraction of sp³-hybridized carbons (Fsp3) is 0.417. The number of nitro groups is 2. The largest absolute Gasteiger partial charge is 0.416 e. The van der Waals surface area contributed by atoms with Crippen LogP contribution in [0.2, 0.25) is 0 Å². The summed E-state index contributed by atoms with van der Waals surface area (Å²) in [5, 5.41) is 22.0. The van der Waals surface area contributed by atoms with Gasteiger partial charge in [0.05, 0.1) is 15.4 Å². The van der Waals surface area contributed by atoms with E-state index in [1.165, 1.54) is 20.8 Å². The van der Waals surface area contributed by atoms with Crippen LogP contribution in [0.25, 0.3) is 0 Å². The number of hydrogen-bond acceptors (Lipinski definition) is 6. The zero-order valence-electron chi connectivity index (χ0n) is 12.7. The van der Waals surface area contributed by atoms with Gasteiger partial charge >= 0.3 is 17.6 Å². The number of carbonyl (C=O) groups excluding carboxylic acids is 1. The van der Waals surface area contributed by atoms with Crippen molar-refractivity contribution < 1.29 is 27.8 Å². The number of nitrogens with one attached hydrogen (secondary N) is 2. The second-order valence-electron chi connectivity index (χ2n) is 5.73. The molecule has 0 saturated carbocycles. The number of rotatable bonds is 4. The van der Waals surface area contributed by atoms with Crippen LogP contribution < -0.4 is 10.9 Å². The van der Waals surface area contributed by atoms with Crippen LogP contribution in [0.5, 0.6) is 0 Å². The van der Waals surface area contributed by atoms with Gasteiger partial charge in [-0.15, -0.1) is 0 Å². The van der Waals surface area contributed by atoms with Crippen LogP contribution in [0.15, 0.2) is 12.1 Å².